The van der Waals surface area contributed by atoms with Crippen LogP contribution in [0.25, 0.3) is 0 Å². The first-order valence-electron chi connectivity index (χ1n) is 14.9. The van der Waals surface area contributed by atoms with Gasteiger partial charge in [-0.15, -0.1) is 0 Å². The molecule has 0 radical (unpaired) electrons. The number of nitrogens with one attached hydrogen (secondary N) is 1. The number of nitriles is 1. The van der Waals surface area contributed by atoms with Gasteiger partial charge < -0.3 is 19.5 Å². The molecule has 0 spiro atoms. The van der Waals surface area contributed by atoms with E-state index in [-0.39, 0.29) is 18.2 Å². The zero-order chi connectivity index (χ0) is 32.6. The van der Waals surface area contributed by atoms with Crippen molar-refractivity contribution < 1.29 is 28.2 Å². The monoisotopic (exact) mass is 632 g/mol. The Morgan fingerprint density at radius 1 is 1.11 bits per heavy atom. The lowest BCUT2D eigenvalue weighted by Gasteiger charge is -2.63. The molecular weight excluding hydrogens is 590 g/mol. The summed E-state index contributed by atoms with van der Waals surface area (Å²) in [5.41, 5.74) is -1.18. The third-order valence-corrected chi connectivity index (χ3v) is 8.94. The van der Waals surface area contributed by atoms with Crippen molar-refractivity contribution in [1.29, 1.82) is 5.26 Å². The number of amides is 1. The lowest BCUT2D eigenvalue weighted by atomic mass is 9.49. The van der Waals surface area contributed by atoms with Crippen LogP contribution in [0.2, 0.25) is 5.02 Å². The predicted molar refractivity (Wildman–Crippen MR) is 164 cm³/mol. The second-order valence-corrected chi connectivity index (χ2v) is 14.3. The molecule has 44 heavy (non-hydrogen) atoms. The second kappa shape index (κ2) is 12.8. The van der Waals surface area contributed by atoms with Gasteiger partial charge in [0.25, 0.3) is 0 Å². The van der Waals surface area contributed by atoms with Gasteiger partial charge in [0.1, 0.15) is 41.4 Å². The number of halogens is 3. The first-order valence-corrected chi connectivity index (χ1v) is 15.3. The molecule has 2 aliphatic rings. The molecule has 2 N–H and O–H groups in total. The van der Waals surface area contributed by atoms with E-state index in [0.29, 0.717) is 61.0 Å². The molecule has 2 fully saturated rings. The zero-order valence-corrected chi connectivity index (χ0v) is 27.3. The number of ether oxygens (including phenoxy) is 2. The van der Waals surface area contributed by atoms with Gasteiger partial charge in [-0.25, -0.2) is 13.6 Å². The third-order valence-electron chi connectivity index (χ3n) is 8.63. The first kappa shape index (κ1) is 33.9. The summed E-state index contributed by atoms with van der Waals surface area (Å²) >= 11 is 6.18. The summed E-state index contributed by atoms with van der Waals surface area (Å²) in [6.45, 7) is 16.2. The standard InChI is InChI=1S/C33H43ClF2N4O4/c1-31(2,3)44-30(42)40-14-12-39(13-15-40)11-10-20-16-24(35)26(25(36)17-20)27(41)38-28-32(4,5)29(33(28,6)7)43-22-9-8-21(19-37)23(34)18-22/h8-9,16-18,27-29,38,41H,10-15H2,1-7H3. The molecule has 0 aromatic heterocycles. The number of piperazine rings is 1. The summed E-state index contributed by atoms with van der Waals surface area (Å²) in [5, 5.41) is 23.5. The van der Waals surface area contributed by atoms with Crippen LogP contribution in [0.15, 0.2) is 30.3 Å². The maximum absolute atomic E-state index is 15.3. The Morgan fingerprint density at radius 3 is 2.23 bits per heavy atom. The molecule has 240 valence electrons. The SMILES string of the molecule is CC(C)(C)OC(=O)N1CCN(CCc2cc(F)c(C(O)NC3C(C)(C)C(Oc4ccc(C#N)c(Cl)c4)C3(C)C)c(F)c2)CC1. The van der Waals surface area contributed by atoms with Crippen molar-refractivity contribution >= 4 is 17.7 Å². The summed E-state index contributed by atoms with van der Waals surface area (Å²) in [5.74, 6) is -1.12. The number of aliphatic hydroxyl groups excluding tert-OH is 1. The predicted octanol–water partition coefficient (Wildman–Crippen LogP) is 6.05. The highest BCUT2D eigenvalue weighted by Crippen LogP contribution is 2.56. The summed E-state index contributed by atoms with van der Waals surface area (Å²) in [6.07, 6.45) is -1.80. The molecule has 1 aliphatic carbocycles. The number of hydrogen-bond donors (Lipinski definition) is 2. The van der Waals surface area contributed by atoms with Gasteiger partial charge in [-0.05, 0) is 57.0 Å². The van der Waals surface area contributed by atoms with Crippen LogP contribution in [-0.2, 0) is 11.2 Å². The van der Waals surface area contributed by atoms with Crippen molar-refractivity contribution in [2.75, 3.05) is 32.7 Å². The third kappa shape index (κ3) is 7.28. The largest absolute Gasteiger partial charge is 0.489 e. The van der Waals surface area contributed by atoms with Crippen LogP contribution in [0.1, 0.15) is 71.4 Å². The summed E-state index contributed by atoms with van der Waals surface area (Å²) in [4.78, 5) is 16.1. The van der Waals surface area contributed by atoms with E-state index in [2.05, 4.69) is 10.2 Å². The molecule has 2 aromatic carbocycles. The maximum Gasteiger partial charge on any atom is 0.410 e. The highest BCUT2D eigenvalue weighted by atomic mass is 35.5. The van der Waals surface area contributed by atoms with E-state index in [1.165, 1.54) is 12.1 Å². The Kier molecular flexibility index (Phi) is 9.86. The summed E-state index contributed by atoms with van der Waals surface area (Å²) < 4.78 is 42.2. The van der Waals surface area contributed by atoms with E-state index in [1.54, 1.807) is 23.1 Å². The fourth-order valence-corrected chi connectivity index (χ4v) is 6.92. The van der Waals surface area contributed by atoms with Crippen molar-refractivity contribution in [2.45, 2.75) is 78.9 Å². The Morgan fingerprint density at radius 2 is 1.70 bits per heavy atom. The van der Waals surface area contributed by atoms with E-state index < -0.39 is 39.9 Å². The van der Waals surface area contributed by atoms with Gasteiger partial charge in [-0.1, -0.05) is 39.3 Å². The average Bonchev–Trinajstić information content (AvgIpc) is 2.92. The number of hydrogen-bond acceptors (Lipinski definition) is 7. The summed E-state index contributed by atoms with van der Waals surface area (Å²) in [6, 6.07) is 9.10. The van der Waals surface area contributed by atoms with Gasteiger partial charge in [-0.2, -0.15) is 5.26 Å². The first-order chi connectivity index (χ1) is 20.4. The minimum atomic E-state index is -1.57. The van der Waals surface area contributed by atoms with Gasteiger partial charge >= 0.3 is 6.09 Å². The van der Waals surface area contributed by atoms with Crippen LogP contribution >= 0.6 is 11.6 Å². The zero-order valence-electron chi connectivity index (χ0n) is 26.5. The van der Waals surface area contributed by atoms with Gasteiger partial charge in [-0.3, -0.25) is 10.2 Å². The van der Waals surface area contributed by atoms with Gasteiger partial charge in [0.15, 0.2) is 0 Å². The number of carbonyl (C=O) groups is 1. The minimum absolute atomic E-state index is 0.292. The minimum Gasteiger partial charge on any atom is -0.489 e. The number of aliphatic hydroxyl groups is 1. The average molecular weight is 633 g/mol. The highest BCUT2D eigenvalue weighted by Gasteiger charge is 2.64. The molecule has 11 heteroatoms. The fraction of sp³-hybridized carbons (Fsp3) is 0.576. The molecule has 1 saturated carbocycles. The van der Waals surface area contributed by atoms with Crippen LogP contribution in [0, 0.1) is 33.8 Å². The Labute approximate surface area is 263 Å². The normalized spacial score (nSPS) is 22.1. The van der Waals surface area contributed by atoms with Crippen molar-refractivity contribution in [3.05, 3.63) is 63.7 Å². The topological polar surface area (TPSA) is 98.1 Å². The van der Waals surface area contributed by atoms with Crippen molar-refractivity contribution in [2.24, 2.45) is 10.8 Å². The van der Waals surface area contributed by atoms with Crippen molar-refractivity contribution in [3.8, 4) is 11.8 Å². The second-order valence-electron chi connectivity index (χ2n) is 13.9. The number of benzene rings is 2. The smallest absolute Gasteiger partial charge is 0.410 e. The lowest BCUT2D eigenvalue weighted by Crippen LogP contribution is -2.74. The quantitative estimate of drug-likeness (QED) is 0.342. The molecule has 1 aliphatic heterocycles. The number of nitrogens with zero attached hydrogens (tertiary/aromatic N) is 3. The lowest BCUT2D eigenvalue weighted by molar-refractivity contribution is -0.180. The highest BCUT2D eigenvalue weighted by molar-refractivity contribution is 6.31. The van der Waals surface area contributed by atoms with Gasteiger partial charge in [0.05, 0.1) is 16.1 Å². The van der Waals surface area contributed by atoms with E-state index in [1.807, 2.05) is 54.5 Å². The molecule has 1 unspecified atom stereocenters. The molecular formula is C33H43ClF2N4O4. The van der Waals surface area contributed by atoms with Crippen molar-refractivity contribution in [1.82, 2.24) is 15.1 Å². The van der Waals surface area contributed by atoms with Gasteiger partial charge in [0.2, 0.25) is 0 Å². The van der Waals surface area contributed by atoms with Crippen molar-refractivity contribution in [3.63, 3.8) is 0 Å². The molecule has 1 heterocycles. The van der Waals surface area contributed by atoms with E-state index >= 15 is 8.78 Å². The molecule has 1 amide bonds. The van der Waals surface area contributed by atoms with E-state index in [4.69, 9.17) is 26.3 Å². The van der Waals surface area contributed by atoms with Crippen LogP contribution in [0.4, 0.5) is 13.6 Å². The van der Waals surface area contributed by atoms with Crippen LogP contribution in [0.3, 0.4) is 0 Å². The van der Waals surface area contributed by atoms with E-state index in [9.17, 15) is 9.90 Å². The molecule has 4 rings (SSSR count). The van der Waals surface area contributed by atoms with Crippen LogP contribution in [-0.4, -0.2) is 71.5 Å². The van der Waals surface area contributed by atoms with Crippen LogP contribution in [0.5, 0.6) is 5.75 Å². The Balaban J connectivity index is 1.34. The van der Waals surface area contributed by atoms with E-state index in [0.717, 1.165) is 0 Å². The molecule has 1 saturated heterocycles. The molecule has 2 aromatic rings. The Hall–Kier alpha value is -2.97. The molecule has 0 bridgehead atoms. The van der Waals surface area contributed by atoms with Gasteiger partial charge in [0, 0.05) is 55.7 Å². The van der Waals surface area contributed by atoms with Crippen LogP contribution < -0.4 is 10.1 Å². The molecule has 8 nitrogen and oxygen atoms in total. The molecule has 1 atom stereocenters. The maximum atomic E-state index is 15.3. The fourth-order valence-electron chi connectivity index (χ4n) is 6.70. The number of rotatable bonds is 8. The number of carbonyl (C=O) groups excluding carboxylic acids is 1. The summed E-state index contributed by atoms with van der Waals surface area (Å²) in [7, 11) is 0. The Bertz CT molecular complexity index is 1370.